The van der Waals surface area contributed by atoms with E-state index in [1.54, 1.807) is 6.07 Å². The maximum Gasteiger partial charge on any atom is 0.227 e. The van der Waals surface area contributed by atoms with Crippen molar-refractivity contribution in [1.82, 2.24) is 9.97 Å². The Morgan fingerprint density at radius 1 is 0.897 bits per heavy atom. The molecule has 0 unspecified atom stereocenters. The average molecular weight is 391 g/mol. The standard InChI is InChI=1S/C23H26FN5/c1-2-12-25-22-17-20(18-8-4-3-5-9-18)26-23(27-22)29-15-13-28(14-16-29)21-11-7-6-10-19(21)24/h3-11,17H,2,12-16H2,1H3,(H,25,26,27). The summed E-state index contributed by atoms with van der Waals surface area (Å²) in [6.07, 6.45) is 1.03. The van der Waals surface area contributed by atoms with E-state index in [1.165, 1.54) is 6.07 Å². The number of benzene rings is 2. The lowest BCUT2D eigenvalue weighted by molar-refractivity contribution is 0.594. The molecule has 1 fully saturated rings. The molecule has 150 valence electrons. The summed E-state index contributed by atoms with van der Waals surface area (Å²) in [7, 11) is 0. The molecule has 1 saturated heterocycles. The molecule has 5 nitrogen and oxygen atoms in total. The van der Waals surface area contributed by atoms with Gasteiger partial charge < -0.3 is 15.1 Å². The largest absolute Gasteiger partial charge is 0.370 e. The number of nitrogens with one attached hydrogen (secondary N) is 1. The molecule has 1 aliphatic heterocycles. The molecule has 0 atom stereocenters. The normalized spacial score (nSPS) is 14.1. The summed E-state index contributed by atoms with van der Waals surface area (Å²) in [4.78, 5) is 13.8. The topological polar surface area (TPSA) is 44.3 Å². The molecule has 1 aliphatic rings. The second-order valence-corrected chi connectivity index (χ2v) is 7.16. The van der Waals surface area contributed by atoms with Crippen molar-refractivity contribution in [3.63, 3.8) is 0 Å². The molecule has 0 amide bonds. The second kappa shape index (κ2) is 8.90. The highest BCUT2D eigenvalue weighted by Gasteiger charge is 2.22. The van der Waals surface area contributed by atoms with Crippen LogP contribution >= 0.6 is 0 Å². The molecule has 1 aromatic heterocycles. The van der Waals surface area contributed by atoms with Crippen molar-refractivity contribution in [3.8, 4) is 11.3 Å². The number of piperazine rings is 1. The minimum atomic E-state index is -0.172. The van der Waals surface area contributed by atoms with E-state index < -0.39 is 0 Å². The van der Waals surface area contributed by atoms with Crippen molar-refractivity contribution in [1.29, 1.82) is 0 Å². The van der Waals surface area contributed by atoms with Gasteiger partial charge in [-0.1, -0.05) is 49.4 Å². The Bertz CT molecular complexity index is 939. The third-order valence-corrected chi connectivity index (χ3v) is 5.10. The first kappa shape index (κ1) is 19.2. The fourth-order valence-corrected chi connectivity index (χ4v) is 3.53. The minimum absolute atomic E-state index is 0.172. The van der Waals surface area contributed by atoms with E-state index in [0.29, 0.717) is 5.69 Å². The number of nitrogens with zero attached hydrogens (tertiary/aromatic N) is 4. The Hall–Kier alpha value is -3.15. The molecule has 4 rings (SSSR count). The van der Waals surface area contributed by atoms with Crippen LogP contribution < -0.4 is 15.1 Å². The first-order valence-electron chi connectivity index (χ1n) is 10.2. The lowest BCUT2D eigenvalue weighted by Gasteiger charge is -2.36. The molecular formula is C23H26FN5. The van der Waals surface area contributed by atoms with Gasteiger partial charge in [0.15, 0.2) is 0 Å². The molecule has 2 aromatic carbocycles. The Labute approximate surface area is 171 Å². The fraction of sp³-hybridized carbons (Fsp3) is 0.304. The third-order valence-electron chi connectivity index (χ3n) is 5.10. The summed E-state index contributed by atoms with van der Waals surface area (Å²) in [5.74, 6) is 1.39. The van der Waals surface area contributed by atoms with Gasteiger partial charge in [0.05, 0.1) is 11.4 Å². The van der Waals surface area contributed by atoms with Crippen LogP contribution in [0.2, 0.25) is 0 Å². The maximum absolute atomic E-state index is 14.1. The zero-order valence-corrected chi connectivity index (χ0v) is 16.7. The molecule has 6 heteroatoms. The van der Waals surface area contributed by atoms with Crippen molar-refractivity contribution in [2.24, 2.45) is 0 Å². The van der Waals surface area contributed by atoms with E-state index in [4.69, 9.17) is 9.97 Å². The number of anilines is 3. The van der Waals surface area contributed by atoms with Gasteiger partial charge in [-0.05, 0) is 18.6 Å². The molecule has 0 aliphatic carbocycles. The van der Waals surface area contributed by atoms with Crippen molar-refractivity contribution in [2.75, 3.05) is 47.8 Å². The molecule has 0 radical (unpaired) electrons. The Morgan fingerprint density at radius 3 is 2.31 bits per heavy atom. The lowest BCUT2D eigenvalue weighted by Crippen LogP contribution is -2.47. The number of aromatic nitrogens is 2. The Balaban J connectivity index is 1.55. The highest BCUT2D eigenvalue weighted by atomic mass is 19.1. The van der Waals surface area contributed by atoms with Gasteiger partial charge >= 0.3 is 0 Å². The first-order valence-corrected chi connectivity index (χ1v) is 10.2. The molecule has 0 spiro atoms. The van der Waals surface area contributed by atoms with E-state index in [9.17, 15) is 4.39 Å². The van der Waals surface area contributed by atoms with Gasteiger partial charge in [-0.25, -0.2) is 9.37 Å². The summed E-state index contributed by atoms with van der Waals surface area (Å²) in [6.45, 7) is 5.97. The zero-order chi connectivity index (χ0) is 20.1. The summed E-state index contributed by atoms with van der Waals surface area (Å²) >= 11 is 0. The maximum atomic E-state index is 14.1. The molecule has 0 saturated carbocycles. The number of hydrogen-bond donors (Lipinski definition) is 1. The lowest BCUT2D eigenvalue weighted by atomic mass is 10.1. The smallest absolute Gasteiger partial charge is 0.227 e. The molecule has 3 aromatic rings. The van der Waals surface area contributed by atoms with Gasteiger partial charge in [0.2, 0.25) is 5.95 Å². The second-order valence-electron chi connectivity index (χ2n) is 7.16. The van der Waals surface area contributed by atoms with Crippen LogP contribution in [0.3, 0.4) is 0 Å². The number of rotatable bonds is 6. The summed E-state index contributed by atoms with van der Waals surface area (Å²) in [6, 6.07) is 19.1. The monoisotopic (exact) mass is 391 g/mol. The fourth-order valence-electron chi connectivity index (χ4n) is 3.53. The van der Waals surface area contributed by atoms with Crippen LogP contribution in [0.15, 0.2) is 60.7 Å². The average Bonchev–Trinajstić information content (AvgIpc) is 2.78. The number of para-hydroxylation sites is 1. The van der Waals surface area contributed by atoms with E-state index in [0.717, 1.165) is 62.2 Å². The van der Waals surface area contributed by atoms with Crippen LogP contribution in [0.4, 0.5) is 21.8 Å². The Kier molecular flexibility index (Phi) is 5.89. The molecule has 0 bridgehead atoms. The molecule has 1 N–H and O–H groups in total. The first-order chi connectivity index (χ1) is 14.2. The SMILES string of the molecule is CCCNc1cc(-c2ccccc2)nc(N2CCN(c3ccccc3F)CC2)n1. The van der Waals surface area contributed by atoms with Crippen LogP contribution in [0.25, 0.3) is 11.3 Å². The molecule has 2 heterocycles. The Morgan fingerprint density at radius 2 is 1.59 bits per heavy atom. The van der Waals surface area contributed by atoms with Crippen molar-refractivity contribution in [3.05, 3.63) is 66.5 Å². The van der Waals surface area contributed by atoms with E-state index in [-0.39, 0.29) is 5.82 Å². The predicted molar refractivity (Wildman–Crippen MR) is 117 cm³/mol. The van der Waals surface area contributed by atoms with E-state index >= 15 is 0 Å². The van der Waals surface area contributed by atoms with Gasteiger partial charge in [0, 0.05) is 44.4 Å². The summed E-state index contributed by atoms with van der Waals surface area (Å²) in [5.41, 5.74) is 2.64. The quantitative estimate of drug-likeness (QED) is 0.673. The minimum Gasteiger partial charge on any atom is -0.370 e. The number of halogens is 1. The predicted octanol–water partition coefficient (Wildman–Crippen LogP) is 4.43. The van der Waals surface area contributed by atoms with E-state index in [2.05, 4.69) is 34.2 Å². The van der Waals surface area contributed by atoms with Crippen LogP contribution in [0, 0.1) is 5.82 Å². The van der Waals surface area contributed by atoms with Gasteiger partial charge in [-0.3, -0.25) is 0 Å². The van der Waals surface area contributed by atoms with E-state index in [1.807, 2.05) is 36.4 Å². The van der Waals surface area contributed by atoms with Crippen LogP contribution in [0.1, 0.15) is 13.3 Å². The van der Waals surface area contributed by atoms with Crippen LogP contribution in [-0.2, 0) is 0 Å². The van der Waals surface area contributed by atoms with Crippen molar-refractivity contribution >= 4 is 17.5 Å². The highest BCUT2D eigenvalue weighted by molar-refractivity contribution is 5.64. The van der Waals surface area contributed by atoms with Gasteiger partial charge in [-0.15, -0.1) is 0 Å². The molecular weight excluding hydrogens is 365 g/mol. The summed E-state index contributed by atoms with van der Waals surface area (Å²) in [5, 5.41) is 3.39. The zero-order valence-electron chi connectivity index (χ0n) is 16.7. The summed E-state index contributed by atoms with van der Waals surface area (Å²) < 4.78 is 14.1. The van der Waals surface area contributed by atoms with Gasteiger partial charge in [-0.2, -0.15) is 4.98 Å². The number of hydrogen-bond acceptors (Lipinski definition) is 5. The highest BCUT2D eigenvalue weighted by Crippen LogP contribution is 2.25. The van der Waals surface area contributed by atoms with Crippen LogP contribution in [-0.4, -0.2) is 42.7 Å². The van der Waals surface area contributed by atoms with Crippen molar-refractivity contribution in [2.45, 2.75) is 13.3 Å². The van der Waals surface area contributed by atoms with Crippen LogP contribution in [0.5, 0.6) is 0 Å². The van der Waals surface area contributed by atoms with Crippen molar-refractivity contribution < 1.29 is 4.39 Å². The van der Waals surface area contributed by atoms with Gasteiger partial charge in [0.1, 0.15) is 11.6 Å². The van der Waals surface area contributed by atoms with Gasteiger partial charge in [0.25, 0.3) is 0 Å². The molecule has 29 heavy (non-hydrogen) atoms. The third kappa shape index (κ3) is 4.47.